The van der Waals surface area contributed by atoms with Crippen LogP contribution in [0.4, 0.5) is 17.1 Å². The van der Waals surface area contributed by atoms with Crippen molar-refractivity contribution < 1.29 is 4.74 Å². The van der Waals surface area contributed by atoms with Crippen molar-refractivity contribution in [3.63, 3.8) is 0 Å². The number of aryl methyl sites for hydroxylation is 1. The Hall–Kier alpha value is -3.14. The van der Waals surface area contributed by atoms with Gasteiger partial charge in [0, 0.05) is 18.8 Å². The SMILES string of the molecule is COc1cccc(CN(Cc2cccc(C)c2)c2ccc3c(c2)NCN3)c1. The van der Waals surface area contributed by atoms with Crippen LogP contribution in [0, 0.1) is 6.92 Å². The summed E-state index contributed by atoms with van der Waals surface area (Å²) in [6, 6.07) is 23.6. The van der Waals surface area contributed by atoms with Crippen LogP contribution in [-0.2, 0) is 13.1 Å². The highest BCUT2D eigenvalue weighted by molar-refractivity contribution is 5.77. The van der Waals surface area contributed by atoms with Gasteiger partial charge in [-0.3, -0.25) is 0 Å². The van der Waals surface area contributed by atoms with Gasteiger partial charge < -0.3 is 20.3 Å². The third-order valence-corrected chi connectivity index (χ3v) is 4.89. The Morgan fingerprint density at radius 3 is 2.37 bits per heavy atom. The van der Waals surface area contributed by atoms with Gasteiger partial charge in [-0.05, 0) is 48.4 Å². The molecule has 27 heavy (non-hydrogen) atoms. The molecule has 0 spiro atoms. The summed E-state index contributed by atoms with van der Waals surface area (Å²) in [5, 5.41) is 6.73. The lowest BCUT2D eigenvalue weighted by atomic mass is 10.1. The maximum Gasteiger partial charge on any atom is 0.119 e. The fraction of sp³-hybridized carbons (Fsp3) is 0.217. The van der Waals surface area contributed by atoms with Crippen molar-refractivity contribution in [1.82, 2.24) is 0 Å². The molecule has 0 aliphatic carbocycles. The van der Waals surface area contributed by atoms with E-state index in [1.165, 1.54) is 22.4 Å². The van der Waals surface area contributed by atoms with Gasteiger partial charge >= 0.3 is 0 Å². The molecule has 4 rings (SSSR count). The quantitative estimate of drug-likeness (QED) is 0.649. The highest BCUT2D eigenvalue weighted by Crippen LogP contribution is 2.32. The summed E-state index contributed by atoms with van der Waals surface area (Å²) in [5.41, 5.74) is 7.35. The minimum Gasteiger partial charge on any atom is -0.497 e. The fourth-order valence-corrected chi connectivity index (χ4v) is 3.52. The third kappa shape index (κ3) is 4.00. The maximum absolute atomic E-state index is 5.40. The van der Waals surface area contributed by atoms with Crippen molar-refractivity contribution in [3.8, 4) is 5.75 Å². The van der Waals surface area contributed by atoms with Crippen LogP contribution in [-0.4, -0.2) is 13.8 Å². The molecule has 4 heteroatoms. The van der Waals surface area contributed by atoms with E-state index in [4.69, 9.17) is 4.74 Å². The molecule has 0 fully saturated rings. The molecule has 0 unspecified atom stereocenters. The van der Waals surface area contributed by atoms with Crippen molar-refractivity contribution in [2.24, 2.45) is 0 Å². The molecule has 3 aromatic carbocycles. The average molecular weight is 359 g/mol. The molecule has 0 radical (unpaired) electrons. The summed E-state index contributed by atoms with van der Waals surface area (Å²) in [5.74, 6) is 0.892. The molecular weight excluding hydrogens is 334 g/mol. The average Bonchev–Trinajstić information content (AvgIpc) is 3.15. The van der Waals surface area contributed by atoms with Gasteiger partial charge in [-0.1, -0.05) is 42.0 Å². The van der Waals surface area contributed by atoms with E-state index in [-0.39, 0.29) is 0 Å². The summed E-state index contributed by atoms with van der Waals surface area (Å²) in [6.07, 6.45) is 0. The summed E-state index contributed by atoms with van der Waals surface area (Å²) in [7, 11) is 1.71. The maximum atomic E-state index is 5.40. The van der Waals surface area contributed by atoms with Crippen LogP contribution in [0.1, 0.15) is 16.7 Å². The Labute approximate surface area is 160 Å². The van der Waals surface area contributed by atoms with Crippen molar-refractivity contribution >= 4 is 17.1 Å². The Kier molecular flexibility index (Phi) is 4.88. The van der Waals surface area contributed by atoms with Crippen molar-refractivity contribution in [2.45, 2.75) is 20.0 Å². The number of anilines is 3. The Balaban J connectivity index is 1.65. The fourth-order valence-electron chi connectivity index (χ4n) is 3.52. The normalized spacial score (nSPS) is 12.1. The largest absolute Gasteiger partial charge is 0.497 e. The zero-order chi connectivity index (χ0) is 18.6. The minimum atomic E-state index is 0.784. The Bertz CT molecular complexity index is 938. The first-order valence-corrected chi connectivity index (χ1v) is 9.26. The van der Waals surface area contributed by atoms with Gasteiger partial charge in [0.25, 0.3) is 0 Å². The lowest BCUT2D eigenvalue weighted by Crippen LogP contribution is -2.22. The van der Waals surface area contributed by atoms with Crippen LogP contribution in [0.3, 0.4) is 0 Å². The van der Waals surface area contributed by atoms with Crippen LogP contribution in [0.2, 0.25) is 0 Å². The first-order valence-electron chi connectivity index (χ1n) is 9.26. The van der Waals surface area contributed by atoms with Crippen LogP contribution < -0.4 is 20.3 Å². The topological polar surface area (TPSA) is 36.5 Å². The molecule has 0 bridgehead atoms. The zero-order valence-electron chi connectivity index (χ0n) is 15.8. The van der Waals surface area contributed by atoms with E-state index < -0.39 is 0 Å². The van der Waals surface area contributed by atoms with Gasteiger partial charge in [-0.2, -0.15) is 0 Å². The molecule has 0 saturated heterocycles. The second-order valence-corrected chi connectivity index (χ2v) is 6.96. The number of ether oxygens (including phenoxy) is 1. The lowest BCUT2D eigenvalue weighted by molar-refractivity contribution is 0.414. The number of nitrogens with one attached hydrogen (secondary N) is 2. The van der Waals surface area contributed by atoms with Gasteiger partial charge in [0.1, 0.15) is 5.75 Å². The Morgan fingerprint density at radius 2 is 1.59 bits per heavy atom. The molecule has 138 valence electrons. The smallest absolute Gasteiger partial charge is 0.119 e. The van der Waals surface area contributed by atoms with Gasteiger partial charge in [0.2, 0.25) is 0 Å². The van der Waals surface area contributed by atoms with E-state index in [2.05, 4.69) is 77.1 Å². The number of hydrogen-bond acceptors (Lipinski definition) is 4. The van der Waals surface area contributed by atoms with Crippen molar-refractivity contribution in [3.05, 3.63) is 83.4 Å². The van der Waals surface area contributed by atoms with Crippen LogP contribution >= 0.6 is 0 Å². The minimum absolute atomic E-state index is 0.784. The summed E-state index contributed by atoms with van der Waals surface area (Å²) in [4.78, 5) is 2.41. The van der Waals surface area contributed by atoms with E-state index in [9.17, 15) is 0 Å². The highest BCUT2D eigenvalue weighted by atomic mass is 16.5. The van der Waals surface area contributed by atoms with E-state index in [1.807, 2.05) is 12.1 Å². The molecule has 2 N–H and O–H groups in total. The lowest BCUT2D eigenvalue weighted by Gasteiger charge is -2.26. The second kappa shape index (κ2) is 7.62. The molecule has 4 nitrogen and oxygen atoms in total. The molecule has 3 aromatic rings. The van der Waals surface area contributed by atoms with Gasteiger partial charge in [-0.15, -0.1) is 0 Å². The molecule has 0 aromatic heterocycles. The molecule has 0 amide bonds. The molecule has 0 atom stereocenters. The van der Waals surface area contributed by atoms with Crippen LogP contribution in [0.25, 0.3) is 0 Å². The number of methoxy groups -OCH3 is 1. The number of rotatable bonds is 6. The predicted molar refractivity (Wildman–Crippen MR) is 113 cm³/mol. The molecule has 1 heterocycles. The first kappa shape index (κ1) is 17.3. The van der Waals surface area contributed by atoms with E-state index >= 15 is 0 Å². The monoisotopic (exact) mass is 359 g/mol. The van der Waals surface area contributed by atoms with E-state index in [0.29, 0.717) is 0 Å². The van der Waals surface area contributed by atoms with Crippen LogP contribution in [0.15, 0.2) is 66.7 Å². The highest BCUT2D eigenvalue weighted by Gasteiger charge is 2.14. The van der Waals surface area contributed by atoms with Crippen molar-refractivity contribution in [1.29, 1.82) is 0 Å². The molecular formula is C23H25N3O. The molecule has 0 saturated carbocycles. The van der Waals surface area contributed by atoms with Gasteiger partial charge in [-0.25, -0.2) is 0 Å². The first-order chi connectivity index (χ1) is 13.2. The number of fused-ring (bicyclic) bond motifs is 1. The molecule has 1 aliphatic heterocycles. The summed E-state index contributed by atoms with van der Waals surface area (Å²) in [6.45, 7) is 4.59. The molecule has 1 aliphatic rings. The third-order valence-electron chi connectivity index (χ3n) is 4.89. The number of hydrogen-bond donors (Lipinski definition) is 2. The standard InChI is InChI=1S/C23H25N3O/c1-17-5-3-6-18(11-17)14-26(15-19-7-4-8-21(12-19)27-2)20-9-10-22-23(13-20)25-16-24-22/h3-13,24-25H,14-16H2,1-2H3. The van der Waals surface area contributed by atoms with Crippen LogP contribution in [0.5, 0.6) is 5.75 Å². The predicted octanol–water partition coefficient (Wildman–Crippen LogP) is 5.01. The number of benzene rings is 3. The Morgan fingerprint density at radius 1 is 0.852 bits per heavy atom. The van der Waals surface area contributed by atoms with E-state index in [1.54, 1.807) is 7.11 Å². The van der Waals surface area contributed by atoms with Gasteiger partial charge in [0.15, 0.2) is 0 Å². The summed E-state index contributed by atoms with van der Waals surface area (Å²) >= 11 is 0. The van der Waals surface area contributed by atoms with Crippen molar-refractivity contribution in [2.75, 3.05) is 29.3 Å². The van der Waals surface area contributed by atoms with Gasteiger partial charge in [0.05, 0.1) is 25.2 Å². The summed E-state index contributed by atoms with van der Waals surface area (Å²) < 4.78 is 5.40. The second-order valence-electron chi connectivity index (χ2n) is 6.96. The number of nitrogens with zero attached hydrogens (tertiary/aromatic N) is 1. The van der Waals surface area contributed by atoms with E-state index in [0.717, 1.165) is 36.9 Å². The zero-order valence-corrected chi connectivity index (χ0v) is 15.8.